The lowest BCUT2D eigenvalue weighted by Gasteiger charge is -2.51. The Hall–Kier alpha value is -4.03. The minimum absolute atomic E-state index is 0.0221. The number of amides is 4. The van der Waals surface area contributed by atoms with E-state index in [-0.39, 0.29) is 37.4 Å². The zero-order chi connectivity index (χ0) is 34.2. The van der Waals surface area contributed by atoms with Crippen LogP contribution in [0.1, 0.15) is 24.3 Å². The van der Waals surface area contributed by atoms with Crippen molar-refractivity contribution in [3.05, 3.63) is 90.0 Å². The molecule has 4 aliphatic rings. The molecule has 4 amide bonds. The predicted molar refractivity (Wildman–Crippen MR) is 184 cm³/mol. The van der Waals surface area contributed by atoms with Gasteiger partial charge in [-0.15, -0.1) is 23.2 Å². The van der Waals surface area contributed by atoms with Crippen LogP contribution in [-0.2, 0) is 19.2 Å². The number of fused-ring (bicyclic) bond motifs is 5. The maximum Gasteiger partial charge on any atom is 0.254 e. The molecule has 49 heavy (non-hydrogen) atoms. The molecule has 1 N–H and O–H groups in total. The van der Waals surface area contributed by atoms with Gasteiger partial charge in [-0.1, -0.05) is 57.9 Å². The second-order valence-electron chi connectivity index (χ2n) is 12.6. The first kappa shape index (κ1) is 32.2. The van der Waals surface area contributed by atoms with E-state index in [0.717, 1.165) is 4.90 Å². The molecule has 3 aromatic carbocycles. The lowest BCUT2D eigenvalue weighted by atomic mass is 9.56. The average Bonchev–Trinajstić information content (AvgIpc) is 3.70. The zero-order valence-electron chi connectivity index (χ0n) is 25.7. The smallest absolute Gasteiger partial charge is 0.254 e. The van der Waals surface area contributed by atoms with E-state index < -0.39 is 51.1 Å². The lowest BCUT2D eigenvalue weighted by molar-refractivity contribution is -0.138. The van der Waals surface area contributed by atoms with Gasteiger partial charge in [-0.2, -0.15) is 0 Å². The predicted octanol–water partition coefficient (Wildman–Crippen LogP) is 5.78. The van der Waals surface area contributed by atoms with E-state index in [4.69, 9.17) is 32.4 Å². The van der Waals surface area contributed by atoms with Crippen molar-refractivity contribution in [2.75, 3.05) is 23.6 Å². The standard InChI is InChI=1S/C36H28BrCl2N3O7/c37-18-41-33(46)35(38)17-24-21(29(36(35,39)34(41)47)22-5-1-3-7-26(22)48-16-15-43)13-14-23-28(24)32(45)42(31(23)44)20-11-9-19(10-12-20)30-40-25-6-2-4-8-27(25)49-30/h1-13,23-24,28-29,43H,14-18H2/t23-,24+,28-,29+,35+,36-/m0/s1. The number of alkyl halides is 3. The normalized spacial score (nSPS) is 29.3. The summed E-state index contributed by atoms with van der Waals surface area (Å²) < 4.78 is 11.8. The second kappa shape index (κ2) is 11.8. The molecule has 0 radical (unpaired) electrons. The van der Waals surface area contributed by atoms with E-state index in [1.165, 1.54) is 4.90 Å². The number of aromatic nitrogens is 1. The molecule has 3 fully saturated rings. The highest BCUT2D eigenvalue weighted by Gasteiger charge is 2.76. The first-order valence-corrected chi connectivity index (χ1v) is 17.7. The summed E-state index contributed by atoms with van der Waals surface area (Å²) in [6.45, 7) is -0.276. The third kappa shape index (κ3) is 4.52. The fourth-order valence-electron chi connectivity index (χ4n) is 8.11. The van der Waals surface area contributed by atoms with Crippen molar-refractivity contribution in [1.29, 1.82) is 0 Å². The number of likely N-dealkylation sites (tertiary alicyclic amines) is 1. The van der Waals surface area contributed by atoms with E-state index in [1.807, 2.05) is 30.3 Å². The first-order chi connectivity index (χ1) is 23.6. The van der Waals surface area contributed by atoms with Crippen LogP contribution in [0.4, 0.5) is 5.69 Å². The van der Waals surface area contributed by atoms with Gasteiger partial charge in [-0.25, -0.2) is 4.98 Å². The van der Waals surface area contributed by atoms with Crippen LogP contribution in [0.3, 0.4) is 0 Å². The number of carbonyl (C=O) groups excluding carboxylic acids is 4. The minimum atomic E-state index is -1.96. The monoisotopic (exact) mass is 763 g/mol. The topological polar surface area (TPSA) is 130 Å². The van der Waals surface area contributed by atoms with Crippen LogP contribution in [0, 0.1) is 17.8 Å². The molecule has 4 aromatic rings. The maximum atomic E-state index is 14.4. The van der Waals surface area contributed by atoms with E-state index in [2.05, 4.69) is 20.9 Å². The fraction of sp³-hybridized carbons (Fsp3) is 0.306. The number of imide groups is 2. The highest BCUT2D eigenvalue weighted by atomic mass is 79.9. The van der Waals surface area contributed by atoms with Crippen LogP contribution in [-0.4, -0.2) is 67.0 Å². The molecule has 1 aromatic heterocycles. The first-order valence-electron chi connectivity index (χ1n) is 15.8. The van der Waals surface area contributed by atoms with Crippen molar-refractivity contribution in [2.24, 2.45) is 17.8 Å². The Balaban J connectivity index is 1.19. The van der Waals surface area contributed by atoms with Gasteiger partial charge in [0.2, 0.25) is 17.7 Å². The van der Waals surface area contributed by atoms with E-state index in [9.17, 15) is 24.3 Å². The Kier molecular flexibility index (Phi) is 7.75. The number of hydrogen-bond donors (Lipinski definition) is 1. The third-order valence-electron chi connectivity index (χ3n) is 10.3. The number of anilines is 1. The van der Waals surface area contributed by atoms with Crippen molar-refractivity contribution in [3.63, 3.8) is 0 Å². The van der Waals surface area contributed by atoms with Crippen LogP contribution >= 0.6 is 39.1 Å². The van der Waals surface area contributed by atoms with Crippen LogP contribution in [0.25, 0.3) is 22.6 Å². The van der Waals surface area contributed by atoms with Gasteiger partial charge in [0.1, 0.15) is 17.9 Å². The highest BCUT2D eigenvalue weighted by Crippen LogP contribution is 2.66. The molecule has 250 valence electrons. The van der Waals surface area contributed by atoms with Crippen molar-refractivity contribution in [2.45, 2.75) is 28.5 Å². The molecular weight excluding hydrogens is 737 g/mol. The van der Waals surface area contributed by atoms with Gasteiger partial charge in [0.15, 0.2) is 15.3 Å². The van der Waals surface area contributed by atoms with Crippen molar-refractivity contribution in [1.82, 2.24) is 9.88 Å². The molecule has 1 saturated carbocycles. The SMILES string of the molecule is O=C1[C@H]2[C@H](CC=C3[C@H]2C[C@@]2(Cl)C(=O)N(CBr)C(=O)[C@@]2(Cl)[C@H]3c2ccccc2OCCO)C(=O)N1c1ccc(-c2nc3ccccc3o2)cc1. The molecule has 2 aliphatic heterocycles. The molecule has 2 saturated heterocycles. The van der Waals surface area contributed by atoms with Crippen molar-refractivity contribution >= 4 is 79.5 Å². The molecular formula is C36H28BrCl2N3O7. The highest BCUT2D eigenvalue weighted by molar-refractivity contribution is 9.09. The number of carbonyl (C=O) groups is 4. The Morgan fingerprint density at radius 1 is 0.939 bits per heavy atom. The number of rotatable bonds is 7. The van der Waals surface area contributed by atoms with Crippen LogP contribution in [0.2, 0.25) is 0 Å². The van der Waals surface area contributed by atoms with Gasteiger partial charge in [-0.05, 0) is 61.2 Å². The Morgan fingerprint density at radius 3 is 2.41 bits per heavy atom. The van der Waals surface area contributed by atoms with Gasteiger partial charge in [0, 0.05) is 17.0 Å². The molecule has 6 atom stereocenters. The second-order valence-corrected chi connectivity index (χ2v) is 14.4. The van der Waals surface area contributed by atoms with E-state index >= 15 is 0 Å². The largest absolute Gasteiger partial charge is 0.491 e. The van der Waals surface area contributed by atoms with E-state index in [1.54, 1.807) is 48.5 Å². The number of allylic oxidation sites excluding steroid dienone is 2. The van der Waals surface area contributed by atoms with Crippen LogP contribution in [0.15, 0.2) is 88.9 Å². The average molecular weight is 765 g/mol. The Labute approximate surface area is 298 Å². The molecule has 3 heterocycles. The van der Waals surface area contributed by atoms with E-state index in [0.29, 0.717) is 45.1 Å². The fourth-order valence-corrected chi connectivity index (χ4v) is 9.53. The maximum absolute atomic E-state index is 14.4. The molecule has 0 bridgehead atoms. The number of para-hydroxylation sites is 3. The van der Waals surface area contributed by atoms with Crippen LogP contribution < -0.4 is 9.64 Å². The number of halogens is 3. The molecule has 0 spiro atoms. The van der Waals surface area contributed by atoms with Crippen molar-refractivity contribution < 1.29 is 33.4 Å². The molecule has 2 aliphatic carbocycles. The number of hydrogen-bond acceptors (Lipinski definition) is 8. The number of nitrogens with zero attached hydrogens (tertiary/aromatic N) is 3. The summed E-state index contributed by atoms with van der Waals surface area (Å²) in [6, 6.07) is 21.2. The molecule has 10 nitrogen and oxygen atoms in total. The summed E-state index contributed by atoms with van der Waals surface area (Å²) in [4.78, 5) is 59.3. The molecule has 13 heteroatoms. The number of ether oxygens (including phenoxy) is 1. The Bertz CT molecular complexity index is 2050. The number of aliphatic hydroxyl groups excluding tert-OH is 1. The summed E-state index contributed by atoms with van der Waals surface area (Å²) in [7, 11) is 0. The minimum Gasteiger partial charge on any atom is -0.491 e. The summed E-state index contributed by atoms with van der Waals surface area (Å²) in [5.74, 6) is -4.56. The number of aliphatic hydroxyl groups is 1. The summed E-state index contributed by atoms with van der Waals surface area (Å²) in [5.41, 5.74) is 3.46. The number of oxazole rings is 1. The van der Waals surface area contributed by atoms with Gasteiger partial charge < -0.3 is 14.3 Å². The third-order valence-corrected chi connectivity index (χ3v) is 12.2. The molecule has 8 rings (SSSR count). The molecule has 0 unspecified atom stereocenters. The van der Waals surface area contributed by atoms with Gasteiger partial charge in [-0.3, -0.25) is 29.0 Å². The summed E-state index contributed by atoms with van der Waals surface area (Å²) >= 11 is 17.9. The lowest BCUT2D eigenvalue weighted by Crippen LogP contribution is -2.60. The van der Waals surface area contributed by atoms with Gasteiger partial charge in [0.05, 0.1) is 29.6 Å². The van der Waals surface area contributed by atoms with Gasteiger partial charge >= 0.3 is 0 Å². The Morgan fingerprint density at radius 2 is 1.67 bits per heavy atom. The van der Waals surface area contributed by atoms with Crippen molar-refractivity contribution in [3.8, 4) is 17.2 Å². The summed E-state index contributed by atoms with van der Waals surface area (Å²) in [6.07, 6.45) is 1.97. The summed E-state index contributed by atoms with van der Waals surface area (Å²) in [5, 5.41) is 9.50. The zero-order valence-corrected chi connectivity index (χ0v) is 28.8. The number of benzene rings is 3. The van der Waals surface area contributed by atoms with Crippen LogP contribution in [0.5, 0.6) is 5.75 Å². The quantitative estimate of drug-likeness (QED) is 0.109. The van der Waals surface area contributed by atoms with Gasteiger partial charge in [0.25, 0.3) is 11.8 Å².